The Bertz CT molecular complexity index is 522. The fraction of sp³-hybridized carbons (Fsp3) is 0.429. The van der Waals surface area contributed by atoms with Gasteiger partial charge in [-0.3, -0.25) is 9.59 Å². The summed E-state index contributed by atoms with van der Waals surface area (Å²) in [5, 5.41) is 6.20. The number of carbonyl (C=O) groups is 2. The van der Waals surface area contributed by atoms with E-state index >= 15 is 0 Å². The molecule has 0 aromatic heterocycles. The van der Waals surface area contributed by atoms with Crippen LogP contribution >= 0.6 is 23.4 Å². The minimum atomic E-state index is -0.172. The molecule has 0 spiro atoms. The lowest BCUT2D eigenvalue weighted by Gasteiger charge is -2.26. The average Bonchev–Trinajstić information content (AvgIpc) is 2.45. The van der Waals surface area contributed by atoms with E-state index in [1.54, 1.807) is 18.7 Å². The molecule has 0 radical (unpaired) electrons. The van der Waals surface area contributed by atoms with Gasteiger partial charge in [-0.25, -0.2) is 0 Å². The first-order chi connectivity index (χ1) is 9.60. The van der Waals surface area contributed by atoms with Crippen LogP contribution in [0.1, 0.15) is 31.4 Å². The highest BCUT2D eigenvalue weighted by atomic mass is 35.5. The number of hydrogen-bond donors (Lipinski definition) is 2. The fourth-order valence-electron chi connectivity index (χ4n) is 2.06. The number of benzene rings is 1. The van der Waals surface area contributed by atoms with E-state index in [4.69, 9.17) is 11.6 Å². The third-order valence-electron chi connectivity index (χ3n) is 3.11. The first-order valence-electron chi connectivity index (χ1n) is 6.58. The van der Waals surface area contributed by atoms with Gasteiger partial charge in [0.15, 0.2) is 0 Å². The fourth-order valence-corrected chi connectivity index (χ4v) is 3.35. The van der Waals surface area contributed by atoms with Crippen LogP contribution in [0.25, 0.3) is 0 Å². The third-order valence-corrected chi connectivity index (χ3v) is 4.47. The van der Waals surface area contributed by atoms with E-state index in [-0.39, 0.29) is 24.4 Å². The molecule has 0 fully saturated rings. The molecule has 6 heteroatoms. The molecular formula is C14H17ClN2O2S. The van der Waals surface area contributed by atoms with E-state index in [0.29, 0.717) is 11.4 Å². The molecule has 1 atom stereocenters. The Morgan fingerprint density at radius 3 is 2.95 bits per heavy atom. The van der Waals surface area contributed by atoms with Crippen molar-refractivity contribution in [1.82, 2.24) is 10.6 Å². The van der Waals surface area contributed by atoms with Crippen molar-refractivity contribution in [3.8, 4) is 0 Å². The quantitative estimate of drug-likeness (QED) is 0.898. The van der Waals surface area contributed by atoms with Crippen molar-refractivity contribution in [2.75, 3.05) is 12.3 Å². The second kappa shape index (κ2) is 6.99. The molecule has 2 N–H and O–H groups in total. The van der Waals surface area contributed by atoms with Crippen LogP contribution in [0.3, 0.4) is 0 Å². The van der Waals surface area contributed by atoms with E-state index < -0.39 is 0 Å². The van der Waals surface area contributed by atoms with Gasteiger partial charge in [0, 0.05) is 22.1 Å². The summed E-state index contributed by atoms with van der Waals surface area (Å²) in [6.45, 7) is 1.77. The van der Waals surface area contributed by atoms with Crippen molar-refractivity contribution in [3.05, 3.63) is 28.8 Å². The zero-order valence-corrected chi connectivity index (χ0v) is 12.8. The zero-order valence-electron chi connectivity index (χ0n) is 11.2. The van der Waals surface area contributed by atoms with Gasteiger partial charge in [-0.1, -0.05) is 18.5 Å². The standard InChI is InChI=1S/C14H17ClN2O2S/c1-2-13(18)16-8-14(19)17-11-5-6-20-12-4-3-9(15)7-10(11)12/h3-4,7,11H,2,5-6,8H2,1H3,(H,16,18)(H,17,19)/t11-/m0/s1. The second-order valence-corrected chi connectivity index (χ2v) is 6.14. The Hall–Kier alpha value is -1.20. The number of hydrogen-bond acceptors (Lipinski definition) is 3. The van der Waals surface area contributed by atoms with Crippen LogP contribution in [-0.2, 0) is 9.59 Å². The summed E-state index contributed by atoms with van der Waals surface area (Å²) in [5.74, 6) is 0.665. The van der Waals surface area contributed by atoms with Gasteiger partial charge in [-0.2, -0.15) is 0 Å². The normalized spacial score (nSPS) is 17.2. The summed E-state index contributed by atoms with van der Waals surface area (Å²) in [4.78, 5) is 24.2. The second-order valence-electron chi connectivity index (χ2n) is 4.57. The van der Waals surface area contributed by atoms with Crippen molar-refractivity contribution in [1.29, 1.82) is 0 Å². The Balaban J connectivity index is 1.99. The van der Waals surface area contributed by atoms with Gasteiger partial charge in [0.2, 0.25) is 11.8 Å². The highest BCUT2D eigenvalue weighted by Crippen LogP contribution is 2.37. The van der Waals surface area contributed by atoms with Gasteiger partial charge in [0.05, 0.1) is 12.6 Å². The number of amides is 2. The molecule has 1 aromatic rings. The topological polar surface area (TPSA) is 58.2 Å². The minimum Gasteiger partial charge on any atom is -0.348 e. The monoisotopic (exact) mass is 312 g/mol. The van der Waals surface area contributed by atoms with Crippen molar-refractivity contribution < 1.29 is 9.59 Å². The van der Waals surface area contributed by atoms with E-state index in [0.717, 1.165) is 22.6 Å². The van der Waals surface area contributed by atoms with E-state index in [1.165, 1.54) is 0 Å². The molecule has 0 saturated heterocycles. The number of fused-ring (bicyclic) bond motifs is 1. The molecule has 2 rings (SSSR count). The molecule has 4 nitrogen and oxygen atoms in total. The van der Waals surface area contributed by atoms with Crippen LogP contribution in [0.2, 0.25) is 5.02 Å². The van der Waals surface area contributed by atoms with Crippen molar-refractivity contribution in [2.24, 2.45) is 0 Å². The molecule has 1 aliphatic heterocycles. The molecule has 108 valence electrons. The number of rotatable bonds is 4. The molecule has 1 aromatic carbocycles. The Labute approximate surface area is 127 Å². The van der Waals surface area contributed by atoms with Crippen LogP contribution in [0.4, 0.5) is 0 Å². The van der Waals surface area contributed by atoms with Gasteiger partial charge < -0.3 is 10.6 Å². The lowest BCUT2D eigenvalue weighted by Crippen LogP contribution is -2.39. The summed E-state index contributed by atoms with van der Waals surface area (Å²) in [5.41, 5.74) is 1.06. The number of carbonyl (C=O) groups excluding carboxylic acids is 2. The van der Waals surface area contributed by atoms with Crippen molar-refractivity contribution in [3.63, 3.8) is 0 Å². The van der Waals surface area contributed by atoms with Gasteiger partial charge in [-0.15, -0.1) is 11.8 Å². The zero-order chi connectivity index (χ0) is 14.5. The Morgan fingerprint density at radius 1 is 1.40 bits per heavy atom. The van der Waals surface area contributed by atoms with Crippen LogP contribution in [0.15, 0.2) is 23.1 Å². The predicted octanol–water partition coefficient (Wildman–Crippen LogP) is 2.52. The molecule has 0 aliphatic carbocycles. The molecule has 0 bridgehead atoms. The highest BCUT2D eigenvalue weighted by Gasteiger charge is 2.22. The van der Waals surface area contributed by atoms with Gasteiger partial charge in [0.25, 0.3) is 0 Å². The number of halogens is 1. The minimum absolute atomic E-state index is 0.0201. The smallest absolute Gasteiger partial charge is 0.239 e. The van der Waals surface area contributed by atoms with Gasteiger partial charge in [-0.05, 0) is 30.2 Å². The molecule has 1 heterocycles. The largest absolute Gasteiger partial charge is 0.348 e. The third kappa shape index (κ3) is 3.90. The maximum Gasteiger partial charge on any atom is 0.239 e. The van der Waals surface area contributed by atoms with Crippen LogP contribution < -0.4 is 10.6 Å². The summed E-state index contributed by atoms with van der Waals surface area (Å²) in [6.07, 6.45) is 1.25. The molecule has 20 heavy (non-hydrogen) atoms. The van der Waals surface area contributed by atoms with Gasteiger partial charge >= 0.3 is 0 Å². The first-order valence-corrected chi connectivity index (χ1v) is 7.94. The van der Waals surface area contributed by atoms with Crippen molar-refractivity contribution in [2.45, 2.75) is 30.7 Å². The first kappa shape index (κ1) is 15.2. The predicted molar refractivity (Wildman–Crippen MR) is 81.0 cm³/mol. The average molecular weight is 313 g/mol. The molecule has 1 aliphatic rings. The van der Waals surface area contributed by atoms with Crippen LogP contribution in [0, 0.1) is 0 Å². The summed E-state index contributed by atoms with van der Waals surface area (Å²) in [6, 6.07) is 5.72. The molecule has 0 unspecified atom stereocenters. The van der Waals surface area contributed by atoms with Gasteiger partial charge in [0.1, 0.15) is 0 Å². The Morgan fingerprint density at radius 2 is 2.20 bits per heavy atom. The van der Waals surface area contributed by atoms with Crippen LogP contribution in [0.5, 0.6) is 0 Å². The molecule has 0 saturated carbocycles. The van der Waals surface area contributed by atoms with Crippen LogP contribution in [-0.4, -0.2) is 24.1 Å². The number of nitrogens with one attached hydrogen (secondary N) is 2. The maximum atomic E-state index is 11.9. The van der Waals surface area contributed by atoms with E-state index in [2.05, 4.69) is 10.6 Å². The molecule has 2 amide bonds. The van der Waals surface area contributed by atoms with E-state index in [1.807, 2.05) is 18.2 Å². The maximum absolute atomic E-state index is 11.9. The summed E-state index contributed by atoms with van der Waals surface area (Å²) in [7, 11) is 0. The SMILES string of the molecule is CCC(=O)NCC(=O)N[C@H]1CCSc2ccc(Cl)cc21. The number of thioether (sulfide) groups is 1. The highest BCUT2D eigenvalue weighted by molar-refractivity contribution is 7.99. The lowest BCUT2D eigenvalue weighted by molar-refractivity contribution is -0.126. The Kier molecular flexibility index (Phi) is 5.31. The molecular weight excluding hydrogens is 296 g/mol. The van der Waals surface area contributed by atoms with E-state index in [9.17, 15) is 9.59 Å². The van der Waals surface area contributed by atoms with Crippen molar-refractivity contribution >= 4 is 35.2 Å². The lowest BCUT2D eigenvalue weighted by atomic mass is 10.0. The summed E-state index contributed by atoms with van der Waals surface area (Å²) >= 11 is 7.79. The summed E-state index contributed by atoms with van der Waals surface area (Å²) < 4.78 is 0.